The van der Waals surface area contributed by atoms with E-state index in [0.29, 0.717) is 13.0 Å². The summed E-state index contributed by atoms with van der Waals surface area (Å²) in [5.41, 5.74) is 3.11. The molecule has 3 rings (SSSR count). The highest BCUT2D eigenvalue weighted by atomic mass is 16.5. The summed E-state index contributed by atoms with van der Waals surface area (Å²) in [4.78, 5) is 19.1. The molecule has 1 unspecified atom stereocenters. The number of hydrogen-bond donors (Lipinski definition) is 1. The molecule has 1 saturated heterocycles. The number of hydrogen-bond acceptors (Lipinski definition) is 4. The molecule has 5 heteroatoms. The maximum atomic E-state index is 12.4. The Balaban J connectivity index is 1.63. The van der Waals surface area contributed by atoms with Crippen LogP contribution < -0.4 is 10.1 Å². The van der Waals surface area contributed by atoms with Crippen LogP contribution in [0.2, 0.25) is 0 Å². The van der Waals surface area contributed by atoms with E-state index in [-0.39, 0.29) is 11.9 Å². The highest BCUT2D eigenvalue weighted by molar-refractivity contribution is 5.78. The first kappa shape index (κ1) is 18.4. The van der Waals surface area contributed by atoms with Gasteiger partial charge in [0.15, 0.2) is 0 Å². The fraction of sp³-hybridized carbons (Fsp3) is 0.429. The van der Waals surface area contributed by atoms with Crippen LogP contribution in [-0.4, -0.2) is 42.5 Å². The fourth-order valence-electron chi connectivity index (χ4n) is 3.40. The number of aryl methyl sites for hydroxylation is 1. The average Bonchev–Trinajstić information content (AvgIpc) is 3.19. The molecule has 1 N–H and O–H groups in total. The average molecular weight is 353 g/mol. The predicted octanol–water partition coefficient (Wildman–Crippen LogP) is 2.89. The summed E-state index contributed by atoms with van der Waals surface area (Å²) in [5.74, 6) is 0.887. The van der Waals surface area contributed by atoms with Gasteiger partial charge in [-0.2, -0.15) is 0 Å². The lowest BCUT2D eigenvalue weighted by atomic mass is 10.0. The first-order chi connectivity index (χ1) is 12.7. The number of amides is 1. The summed E-state index contributed by atoms with van der Waals surface area (Å²) in [6.45, 7) is 4.71. The molecule has 5 nitrogen and oxygen atoms in total. The second-order valence-electron chi connectivity index (χ2n) is 6.82. The van der Waals surface area contributed by atoms with Crippen LogP contribution in [-0.2, 0) is 11.2 Å². The lowest BCUT2D eigenvalue weighted by Crippen LogP contribution is -2.37. The minimum absolute atomic E-state index is 0.0355. The maximum absolute atomic E-state index is 12.4. The minimum Gasteiger partial charge on any atom is -0.497 e. The second kappa shape index (κ2) is 8.81. The lowest BCUT2D eigenvalue weighted by Gasteiger charge is -2.28. The van der Waals surface area contributed by atoms with Crippen LogP contribution >= 0.6 is 0 Å². The maximum Gasteiger partial charge on any atom is 0.224 e. The number of rotatable bonds is 7. The van der Waals surface area contributed by atoms with E-state index < -0.39 is 0 Å². The summed E-state index contributed by atoms with van der Waals surface area (Å²) in [7, 11) is 1.67. The molecule has 0 bridgehead atoms. The molecule has 0 saturated carbocycles. The van der Waals surface area contributed by atoms with Gasteiger partial charge in [0.2, 0.25) is 5.91 Å². The van der Waals surface area contributed by atoms with Gasteiger partial charge in [-0.25, -0.2) is 0 Å². The molecule has 1 aromatic heterocycles. The Kier molecular flexibility index (Phi) is 6.23. The number of likely N-dealkylation sites (tertiary alicyclic amines) is 1. The molecule has 1 amide bonds. The van der Waals surface area contributed by atoms with Crippen LogP contribution in [0.15, 0.2) is 42.6 Å². The number of methoxy groups -OCH3 is 1. The second-order valence-corrected chi connectivity index (χ2v) is 6.82. The SMILES string of the molecule is COc1ccc(C(CNC(=O)Cc2ccc(C)nc2)N2CCCC2)cc1. The zero-order chi connectivity index (χ0) is 18.4. The van der Waals surface area contributed by atoms with Gasteiger partial charge in [0.25, 0.3) is 0 Å². The van der Waals surface area contributed by atoms with E-state index in [1.54, 1.807) is 13.3 Å². The van der Waals surface area contributed by atoms with Crippen LogP contribution in [0.25, 0.3) is 0 Å². The molecule has 2 heterocycles. The third-order valence-electron chi connectivity index (χ3n) is 4.91. The lowest BCUT2D eigenvalue weighted by molar-refractivity contribution is -0.120. The monoisotopic (exact) mass is 353 g/mol. The number of pyridine rings is 1. The Labute approximate surface area is 155 Å². The summed E-state index contributed by atoms with van der Waals surface area (Å²) >= 11 is 0. The normalized spacial score (nSPS) is 15.6. The number of nitrogens with zero attached hydrogens (tertiary/aromatic N) is 2. The number of ether oxygens (including phenoxy) is 1. The highest BCUT2D eigenvalue weighted by Crippen LogP contribution is 2.26. The Bertz CT molecular complexity index is 707. The van der Waals surface area contributed by atoms with Gasteiger partial charge in [-0.05, 0) is 62.2 Å². The van der Waals surface area contributed by atoms with Crippen LogP contribution in [0.5, 0.6) is 5.75 Å². The zero-order valence-electron chi connectivity index (χ0n) is 15.6. The molecule has 1 aliphatic rings. The summed E-state index contributed by atoms with van der Waals surface area (Å²) in [5, 5.41) is 3.11. The summed E-state index contributed by atoms with van der Waals surface area (Å²) in [6, 6.07) is 12.3. The number of nitrogens with one attached hydrogen (secondary N) is 1. The van der Waals surface area contributed by atoms with Crippen molar-refractivity contribution in [1.29, 1.82) is 0 Å². The van der Waals surface area contributed by atoms with Crippen molar-refractivity contribution in [2.75, 3.05) is 26.7 Å². The van der Waals surface area contributed by atoms with Crippen molar-refractivity contribution >= 4 is 5.91 Å². The van der Waals surface area contributed by atoms with Gasteiger partial charge in [0.1, 0.15) is 5.75 Å². The van der Waals surface area contributed by atoms with Crippen molar-refractivity contribution in [1.82, 2.24) is 15.2 Å². The van der Waals surface area contributed by atoms with Gasteiger partial charge in [0.05, 0.1) is 19.6 Å². The molecule has 26 heavy (non-hydrogen) atoms. The van der Waals surface area contributed by atoms with Crippen molar-refractivity contribution in [3.05, 3.63) is 59.4 Å². The standard InChI is InChI=1S/C21H27N3O2/c1-16-5-6-17(14-22-16)13-21(25)23-15-20(24-11-3-4-12-24)18-7-9-19(26-2)10-8-18/h5-10,14,20H,3-4,11-13,15H2,1-2H3,(H,23,25). The fourth-order valence-corrected chi connectivity index (χ4v) is 3.40. The molecule has 0 spiro atoms. The molecular formula is C21H27N3O2. The molecule has 0 radical (unpaired) electrons. The van der Waals surface area contributed by atoms with Crippen molar-refractivity contribution in [2.45, 2.75) is 32.2 Å². The predicted molar refractivity (Wildman–Crippen MR) is 102 cm³/mol. The summed E-state index contributed by atoms with van der Waals surface area (Å²) in [6.07, 6.45) is 4.57. The van der Waals surface area contributed by atoms with Crippen molar-refractivity contribution in [3.8, 4) is 5.75 Å². The molecule has 138 valence electrons. The van der Waals surface area contributed by atoms with E-state index >= 15 is 0 Å². The molecule has 1 aromatic carbocycles. The van der Waals surface area contributed by atoms with E-state index in [9.17, 15) is 4.79 Å². The molecule has 1 fully saturated rings. The molecule has 1 aliphatic heterocycles. The summed E-state index contributed by atoms with van der Waals surface area (Å²) < 4.78 is 5.26. The van der Waals surface area contributed by atoms with Gasteiger partial charge < -0.3 is 10.1 Å². The van der Waals surface area contributed by atoms with Crippen molar-refractivity contribution < 1.29 is 9.53 Å². The number of aromatic nitrogens is 1. The van der Waals surface area contributed by atoms with Crippen LogP contribution in [0.1, 0.15) is 35.7 Å². The Morgan fingerprint density at radius 3 is 2.54 bits per heavy atom. The first-order valence-electron chi connectivity index (χ1n) is 9.22. The third-order valence-corrected chi connectivity index (χ3v) is 4.91. The van der Waals surface area contributed by atoms with E-state index in [4.69, 9.17) is 4.74 Å². The number of benzene rings is 1. The Morgan fingerprint density at radius 2 is 1.92 bits per heavy atom. The molecule has 2 aromatic rings. The largest absolute Gasteiger partial charge is 0.497 e. The van der Waals surface area contributed by atoms with E-state index in [1.165, 1.54) is 18.4 Å². The topological polar surface area (TPSA) is 54.5 Å². The van der Waals surface area contributed by atoms with E-state index in [2.05, 4.69) is 27.3 Å². The highest BCUT2D eigenvalue weighted by Gasteiger charge is 2.24. The van der Waals surface area contributed by atoms with Crippen molar-refractivity contribution in [3.63, 3.8) is 0 Å². The third kappa shape index (κ3) is 4.82. The quantitative estimate of drug-likeness (QED) is 0.832. The van der Waals surface area contributed by atoms with E-state index in [0.717, 1.165) is 30.1 Å². The minimum atomic E-state index is 0.0355. The van der Waals surface area contributed by atoms with Crippen LogP contribution in [0, 0.1) is 6.92 Å². The molecule has 0 aliphatic carbocycles. The molecular weight excluding hydrogens is 326 g/mol. The number of carbonyl (C=O) groups excluding carboxylic acids is 1. The van der Waals surface area contributed by atoms with Gasteiger partial charge in [0, 0.05) is 18.4 Å². The van der Waals surface area contributed by atoms with Crippen molar-refractivity contribution in [2.24, 2.45) is 0 Å². The zero-order valence-corrected chi connectivity index (χ0v) is 15.6. The van der Waals surface area contributed by atoms with Crippen LogP contribution in [0.4, 0.5) is 0 Å². The first-order valence-corrected chi connectivity index (χ1v) is 9.22. The van der Waals surface area contributed by atoms with Gasteiger partial charge in [-0.1, -0.05) is 18.2 Å². The smallest absolute Gasteiger partial charge is 0.224 e. The van der Waals surface area contributed by atoms with Crippen LogP contribution in [0.3, 0.4) is 0 Å². The van der Waals surface area contributed by atoms with Gasteiger partial charge in [-0.15, -0.1) is 0 Å². The van der Waals surface area contributed by atoms with Gasteiger partial charge >= 0.3 is 0 Å². The van der Waals surface area contributed by atoms with Gasteiger partial charge in [-0.3, -0.25) is 14.7 Å². The number of carbonyl (C=O) groups is 1. The Hall–Kier alpha value is -2.40. The van der Waals surface area contributed by atoms with E-state index in [1.807, 2.05) is 31.2 Å². The molecule has 1 atom stereocenters. The Morgan fingerprint density at radius 1 is 1.19 bits per heavy atom.